The Morgan fingerprint density at radius 1 is 1.04 bits per heavy atom. The minimum Gasteiger partial charge on any atom is -0.374 e. The van der Waals surface area contributed by atoms with Crippen LogP contribution in [-0.2, 0) is 6.54 Å². The number of rotatable bonds is 4. The lowest BCUT2D eigenvalue weighted by Gasteiger charge is -2.31. The van der Waals surface area contributed by atoms with E-state index < -0.39 is 6.23 Å². The van der Waals surface area contributed by atoms with Crippen molar-refractivity contribution < 1.29 is 5.11 Å². The number of likely N-dealkylation sites (tertiary alicyclic amines) is 1. The van der Waals surface area contributed by atoms with Gasteiger partial charge in [-0.05, 0) is 49.9 Å². The Bertz CT molecular complexity index is 909. The molecule has 1 unspecified atom stereocenters. The minimum absolute atomic E-state index is 0.526. The standard InChI is InChI=1S/C22H27N3O/c1-16-7-6-8-18(13-16)15-25-17(2)23-20-10-9-19(14-21(20)25)22(26)24-11-4-3-5-12-24/h6-10,13-14,22,26H,3-5,11-12,15H2,1-2H3. The fraction of sp³-hybridized carbons (Fsp3) is 0.409. The zero-order chi connectivity index (χ0) is 18.1. The Balaban J connectivity index is 1.68. The number of nitrogens with zero attached hydrogens (tertiary/aromatic N) is 3. The van der Waals surface area contributed by atoms with Crippen LogP contribution in [0, 0.1) is 13.8 Å². The van der Waals surface area contributed by atoms with Crippen LogP contribution in [0.2, 0.25) is 0 Å². The van der Waals surface area contributed by atoms with Crippen LogP contribution in [0.15, 0.2) is 42.5 Å². The summed E-state index contributed by atoms with van der Waals surface area (Å²) in [5.41, 5.74) is 5.59. The van der Waals surface area contributed by atoms with Gasteiger partial charge in [-0.3, -0.25) is 4.90 Å². The largest absolute Gasteiger partial charge is 0.374 e. The zero-order valence-corrected chi connectivity index (χ0v) is 15.7. The molecule has 1 aliphatic heterocycles. The molecular formula is C22H27N3O. The van der Waals surface area contributed by atoms with Gasteiger partial charge in [-0.25, -0.2) is 4.98 Å². The molecule has 1 N–H and O–H groups in total. The van der Waals surface area contributed by atoms with Crippen molar-refractivity contribution in [2.75, 3.05) is 13.1 Å². The molecule has 0 saturated carbocycles. The van der Waals surface area contributed by atoms with Gasteiger partial charge >= 0.3 is 0 Å². The maximum absolute atomic E-state index is 10.8. The quantitative estimate of drug-likeness (QED) is 0.768. The molecule has 0 aliphatic carbocycles. The second-order valence-electron chi connectivity index (χ2n) is 7.45. The van der Waals surface area contributed by atoms with Gasteiger partial charge in [-0.2, -0.15) is 0 Å². The Kier molecular flexibility index (Phi) is 4.79. The number of piperidine rings is 1. The predicted octanol–water partition coefficient (Wildman–Crippen LogP) is 4.18. The van der Waals surface area contributed by atoms with Crippen molar-refractivity contribution in [2.24, 2.45) is 0 Å². The second kappa shape index (κ2) is 7.22. The molecule has 4 heteroatoms. The number of aromatic nitrogens is 2. The third-order valence-corrected chi connectivity index (χ3v) is 5.42. The molecule has 1 aliphatic rings. The van der Waals surface area contributed by atoms with Gasteiger partial charge < -0.3 is 9.67 Å². The molecule has 2 aromatic carbocycles. The van der Waals surface area contributed by atoms with Crippen molar-refractivity contribution in [1.82, 2.24) is 14.5 Å². The first kappa shape index (κ1) is 17.3. The molecule has 2 heterocycles. The van der Waals surface area contributed by atoms with Gasteiger partial charge in [0.15, 0.2) is 0 Å². The Hall–Kier alpha value is -2.17. The molecule has 1 fully saturated rings. The van der Waals surface area contributed by atoms with Crippen molar-refractivity contribution >= 4 is 11.0 Å². The summed E-state index contributed by atoms with van der Waals surface area (Å²) in [6.45, 7) is 6.92. The molecule has 1 aromatic heterocycles. The highest BCUT2D eigenvalue weighted by Crippen LogP contribution is 2.26. The van der Waals surface area contributed by atoms with Crippen molar-refractivity contribution in [3.63, 3.8) is 0 Å². The van der Waals surface area contributed by atoms with E-state index in [4.69, 9.17) is 4.98 Å². The van der Waals surface area contributed by atoms with Gasteiger partial charge in [-0.15, -0.1) is 0 Å². The third-order valence-electron chi connectivity index (χ3n) is 5.42. The van der Waals surface area contributed by atoms with Crippen molar-refractivity contribution in [1.29, 1.82) is 0 Å². The molecule has 0 amide bonds. The lowest BCUT2D eigenvalue weighted by atomic mass is 10.1. The first-order valence-electron chi connectivity index (χ1n) is 9.56. The summed E-state index contributed by atoms with van der Waals surface area (Å²) >= 11 is 0. The molecule has 1 atom stereocenters. The SMILES string of the molecule is Cc1cccc(Cn2c(C)nc3ccc(C(O)N4CCCCC4)cc32)c1. The summed E-state index contributed by atoms with van der Waals surface area (Å²) in [5.74, 6) is 1.01. The number of imidazole rings is 1. The summed E-state index contributed by atoms with van der Waals surface area (Å²) < 4.78 is 2.25. The highest BCUT2D eigenvalue weighted by Gasteiger charge is 2.21. The van der Waals surface area contributed by atoms with Crippen molar-refractivity contribution in [3.05, 3.63) is 65.0 Å². The molecule has 3 aromatic rings. The molecule has 0 spiro atoms. The number of aryl methyl sites for hydroxylation is 2. The molecule has 26 heavy (non-hydrogen) atoms. The molecule has 0 radical (unpaired) electrons. The number of fused-ring (bicyclic) bond motifs is 1. The molecule has 4 nitrogen and oxygen atoms in total. The van der Waals surface area contributed by atoms with Gasteiger partial charge in [0.2, 0.25) is 0 Å². The van der Waals surface area contributed by atoms with E-state index in [1.807, 2.05) is 12.1 Å². The Morgan fingerprint density at radius 3 is 2.62 bits per heavy atom. The fourth-order valence-corrected chi connectivity index (χ4v) is 3.99. The average molecular weight is 349 g/mol. The van der Waals surface area contributed by atoms with Crippen LogP contribution in [0.25, 0.3) is 11.0 Å². The van der Waals surface area contributed by atoms with E-state index in [0.717, 1.165) is 42.1 Å². The van der Waals surface area contributed by atoms with Crippen molar-refractivity contribution in [2.45, 2.75) is 45.9 Å². The van der Waals surface area contributed by atoms with Crippen molar-refractivity contribution in [3.8, 4) is 0 Å². The topological polar surface area (TPSA) is 41.3 Å². The van der Waals surface area contributed by atoms with Gasteiger partial charge in [0, 0.05) is 19.6 Å². The number of aliphatic hydroxyl groups excluding tert-OH is 1. The summed E-state index contributed by atoms with van der Waals surface area (Å²) in [6.07, 6.45) is 3.08. The normalized spacial score (nSPS) is 16.9. The first-order valence-corrected chi connectivity index (χ1v) is 9.56. The summed E-state index contributed by atoms with van der Waals surface area (Å²) in [4.78, 5) is 6.89. The van der Waals surface area contributed by atoms with E-state index in [1.54, 1.807) is 0 Å². The van der Waals surface area contributed by atoms with E-state index in [2.05, 4.69) is 53.6 Å². The number of benzene rings is 2. The van der Waals surface area contributed by atoms with Crippen LogP contribution < -0.4 is 0 Å². The van der Waals surface area contributed by atoms with Gasteiger partial charge in [-0.1, -0.05) is 42.3 Å². The van der Waals surface area contributed by atoms with Crippen LogP contribution in [0.3, 0.4) is 0 Å². The van der Waals surface area contributed by atoms with Crippen LogP contribution >= 0.6 is 0 Å². The fourth-order valence-electron chi connectivity index (χ4n) is 3.99. The monoisotopic (exact) mass is 349 g/mol. The summed E-state index contributed by atoms with van der Waals surface area (Å²) in [5, 5.41) is 10.8. The van der Waals surface area contributed by atoms with E-state index in [-0.39, 0.29) is 0 Å². The summed E-state index contributed by atoms with van der Waals surface area (Å²) in [6, 6.07) is 14.8. The van der Waals surface area contributed by atoms with Crippen LogP contribution in [0.4, 0.5) is 0 Å². The third kappa shape index (κ3) is 3.39. The molecule has 136 valence electrons. The van der Waals surface area contributed by atoms with E-state index in [1.165, 1.54) is 30.4 Å². The van der Waals surface area contributed by atoms with E-state index >= 15 is 0 Å². The molecule has 4 rings (SSSR count). The van der Waals surface area contributed by atoms with Gasteiger partial charge in [0.05, 0.1) is 11.0 Å². The first-order chi connectivity index (χ1) is 12.6. The molecular weight excluding hydrogens is 322 g/mol. The molecule has 1 saturated heterocycles. The predicted molar refractivity (Wildman–Crippen MR) is 105 cm³/mol. The van der Waals surface area contributed by atoms with Crippen LogP contribution in [0.5, 0.6) is 0 Å². The number of aliphatic hydroxyl groups is 1. The average Bonchev–Trinajstić information content (AvgIpc) is 2.97. The number of hydrogen-bond acceptors (Lipinski definition) is 3. The van der Waals surface area contributed by atoms with E-state index in [0.29, 0.717) is 0 Å². The van der Waals surface area contributed by atoms with Crippen LogP contribution in [0.1, 0.15) is 48.0 Å². The van der Waals surface area contributed by atoms with Gasteiger partial charge in [0.1, 0.15) is 12.1 Å². The lowest BCUT2D eigenvalue weighted by Crippen LogP contribution is -2.33. The highest BCUT2D eigenvalue weighted by molar-refractivity contribution is 5.77. The van der Waals surface area contributed by atoms with Gasteiger partial charge in [0.25, 0.3) is 0 Å². The highest BCUT2D eigenvalue weighted by atomic mass is 16.3. The summed E-state index contributed by atoms with van der Waals surface area (Å²) in [7, 11) is 0. The maximum atomic E-state index is 10.8. The number of hydrogen-bond donors (Lipinski definition) is 1. The zero-order valence-electron chi connectivity index (χ0n) is 15.7. The maximum Gasteiger partial charge on any atom is 0.133 e. The molecule has 0 bridgehead atoms. The Morgan fingerprint density at radius 2 is 1.85 bits per heavy atom. The Labute approximate surface area is 155 Å². The minimum atomic E-state index is -0.526. The van der Waals surface area contributed by atoms with E-state index in [9.17, 15) is 5.11 Å². The smallest absolute Gasteiger partial charge is 0.133 e. The second-order valence-corrected chi connectivity index (χ2v) is 7.45. The lowest BCUT2D eigenvalue weighted by molar-refractivity contribution is -0.00975. The van der Waals surface area contributed by atoms with Crippen LogP contribution in [-0.4, -0.2) is 32.6 Å².